The monoisotopic (exact) mass is 372 g/mol. The minimum absolute atomic E-state index is 0.0653. The van der Waals surface area contributed by atoms with Gasteiger partial charge in [0.05, 0.1) is 13.7 Å². The maximum atomic E-state index is 12.9. The lowest BCUT2D eigenvalue weighted by atomic mass is 9.93. The Morgan fingerprint density at radius 3 is 2.63 bits per heavy atom. The normalized spacial score (nSPS) is 19.4. The molecule has 0 radical (unpaired) electrons. The van der Waals surface area contributed by atoms with E-state index < -0.39 is 11.6 Å². The highest BCUT2D eigenvalue weighted by Gasteiger charge is 2.47. The third-order valence-electron chi connectivity index (χ3n) is 4.76. The van der Waals surface area contributed by atoms with E-state index in [-0.39, 0.29) is 12.5 Å². The maximum absolute atomic E-state index is 12.9. The molecule has 1 fully saturated rings. The number of urea groups is 1. The summed E-state index contributed by atoms with van der Waals surface area (Å²) in [4.78, 5) is 26.5. The number of nitrogens with one attached hydrogen (secondary N) is 1. The van der Waals surface area contributed by atoms with Crippen LogP contribution in [0.3, 0.4) is 0 Å². The third kappa shape index (κ3) is 3.91. The zero-order valence-corrected chi connectivity index (χ0v) is 15.8. The van der Waals surface area contributed by atoms with Gasteiger partial charge in [-0.2, -0.15) is 0 Å². The van der Waals surface area contributed by atoms with Crippen LogP contribution in [-0.4, -0.2) is 49.7 Å². The molecular weight excluding hydrogens is 348 g/mol. The number of ether oxygens (including phenoxy) is 1. The molecule has 1 N–H and O–H groups in total. The van der Waals surface area contributed by atoms with Gasteiger partial charge in [0.1, 0.15) is 11.3 Å². The summed E-state index contributed by atoms with van der Waals surface area (Å²) in [5.41, 5.74) is 0.129. The van der Waals surface area contributed by atoms with Crippen LogP contribution in [0.15, 0.2) is 24.3 Å². The minimum Gasteiger partial charge on any atom is -0.497 e. The molecule has 1 aliphatic heterocycles. The van der Waals surface area contributed by atoms with Crippen LogP contribution < -0.4 is 10.1 Å². The molecule has 2 aromatic rings. The lowest BCUT2D eigenvalue weighted by Crippen LogP contribution is -2.44. The molecule has 9 heteroatoms. The van der Waals surface area contributed by atoms with Crippen LogP contribution in [0.4, 0.5) is 4.79 Å². The van der Waals surface area contributed by atoms with Gasteiger partial charge in [0.2, 0.25) is 0 Å². The van der Waals surface area contributed by atoms with E-state index in [1.54, 1.807) is 18.7 Å². The first-order valence-corrected chi connectivity index (χ1v) is 8.99. The number of hydrogen-bond acceptors (Lipinski definition) is 6. The molecule has 3 rings (SSSR count). The number of imide groups is 1. The highest BCUT2D eigenvalue weighted by Crippen LogP contribution is 2.25. The van der Waals surface area contributed by atoms with Crippen molar-refractivity contribution in [1.29, 1.82) is 0 Å². The molecular formula is C18H24N6O3. The average molecular weight is 372 g/mol. The van der Waals surface area contributed by atoms with E-state index in [0.717, 1.165) is 17.7 Å². The van der Waals surface area contributed by atoms with Crippen molar-refractivity contribution >= 4 is 11.9 Å². The molecule has 0 unspecified atom stereocenters. The fourth-order valence-corrected chi connectivity index (χ4v) is 3.11. The fourth-order valence-electron chi connectivity index (χ4n) is 3.11. The molecule has 144 valence electrons. The van der Waals surface area contributed by atoms with Crippen molar-refractivity contribution in [3.8, 4) is 5.75 Å². The topological polar surface area (TPSA) is 102 Å². The summed E-state index contributed by atoms with van der Waals surface area (Å²) >= 11 is 0. The second-order valence-electron chi connectivity index (χ2n) is 6.82. The summed E-state index contributed by atoms with van der Waals surface area (Å²) in [6.45, 7) is 4.47. The number of rotatable bonds is 8. The summed E-state index contributed by atoms with van der Waals surface area (Å²) in [7, 11) is 1.62. The summed E-state index contributed by atoms with van der Waals surface area (Å²) in [5.74, 6) is 1.03. The van der Waals surface area contributed by atoms with Crippen molar-refractivity contribution in [3.05, 3.63) is 35.7 Å². The van der Waals surface area contributed by atoms with Crippen molar-refractivity contribution in [2.24, 2.45) is 0 Å². The average Bonchev–Trinajstić information content (AvgIpc) is 3.19. The number of carbonyl (C=O) groups is 2. The van der Waals surface area contributed by atoms with Crippen LogP contribution in [0.25, 0.3) is 0 Å². The molecule has 1 aliphatic rings. The number of nitrogens with zero attached hydrogens (tertiary/aromatic N) is 5. The van der Waals surface area contributed by atoms with Gasteiger partial charge >= 0.3 is 6.03 Å². The molecule has 1 saturated heterocycles. The molecule has 0 aliphatic carbocycles. The Labute approximate surface area is 157 Å². The zero-order valence-electron chi connectivity index (χ0n) is 15.8. The van der Waals surface area contributed by atoms with E-state index >= 15 is 0 Å². The number of aryl methyl sites for hydroxylation is 2. The second kappa shape index (κ2) is 7.73. The standard InChI is InChI=1S/C18H24N6O3/c1-4-11-24-15(20-21-22-24)12-23-16(25)18(2,19-17(23)26)10-9-13-5-7-14(27-3)8-6-13/h5-8H,4,9-12H2,1-3H3,(H,19,26)/t18-/m0/s1. The predicted molar refractivity (Wildman–Crippen MR) is 96.9 cm³/mol. The van der Waals surface area contributed by atoms with Gasteiger partial charge < -0.3 is 10.1 Å². The minimum atomic E-state index is -0.944. The van der Waals surface area contributed by atoms with Gasteiger partial charge in [-0.25, -0.2) is 9.48 Å². The number of hydrogen-bond donors (Lipinski definition) is 1. The molecule has 3 amide bonds. The number of benzene rings is 1. The number of tetrazole rings is 1. The first kappa shape index (κ1) is 18.8. The molecule has 0 spiro atoms. The van der Waals surface area contributed by atoms with E-state index in [1.807, 2.05) is 31.2 Å². The van der Waals surface area contributed by atoms with E-state index in [0.29, 0.717) is 25.2 Å². The van der Waals surface area contributed by atoms with Gasteiger partial charge in [0.15, 0.2) is 5.82 Å². The number of amides is 3. The first-order valence-electron chi connectivity index (χ1n) is 8.99. The first-order chi connectivity index (χ1) is 13.0. The highest BCUT2D eigenvalue weighted by atomic mass is 16.5. The summed E-state index contributed by atoms with van der Waals surface area (Å²) < 4.78 is 6.77. The SMILES string of the molecule is CCCn1nnnc1CN1C(=O)N[C@@](C)(CCc2ccc(OC)cc2)C1=O. The Kier molecular flexibility index (Phi) is 5.38. The molecule has 1 atom stereocenters. The van der Waals surface area contributed by atoms with E-state index in [4.69, 9.17) is 4.74 Å². The molecule has 1 aromatic heterocycles. The summed E-state index contributed by atoms with van der Waals surface area (Å²) in [5, 5.41) is 14.3. The largest absolute Gasteiger partial charge is 0.497 e. The van der Waals surface area contributed by atoms with Crippen LogP contribution in [0, 0.1) is 0 Å². The third-order valence-corrected chi connectivity index (χ3v) is 4.76. The van der Waals surface area contributed by atoms with Crippen molar-refractivity contribution in [3.63, 3.8) is 0 Å². The van der Waals surface area contributed by atoms with Gasteiger partial charge in [0.25, 0.3) is 5.91 Å². The van der Waals surface area contributed by atoms with Crippen LogP contribution in [-0.2, 0) is 24.3 Å². The second-order valence-corrected chi connectivity index (χ2v) is 6.82. The highest BCUT2D eigenvalue weighted by molar-refractivity contribution is 6.06. The van der Waals surface area contributed by atoms with Crippen molar-refractivity contribution in [2.75, 3.05) is 7.11 Å². The Morgan fingerprint density at radius 1 is 1.22 bits per heavy atom. The van der Waals surface area contributed by atoms with Crippen LogP contribution in [0.1, 0.15) is 38.1 Å². The van der Waals surface area contributed by atoms with E-state index in [2.05, 4.69) is 20.8 Å². The van der Waals surface area contributed by atoms with Crippen molar-refractivity contribution < 1.29 is 14.3 Å². The predicted octanol–water partition coefficient (Wildman–Crippen LogP) is 1.53. The Hall–Kier alpha value is -2.97. The molecule has 2 heterocycles. The lowest BCUT2D eigenvalue weighted by Gasteiger charge is -2.21. The van der Waals surface area contributed by atoms with Crippen LogP contribution in [0.2, 0.25) is 0 Å². The Bertz CT molecular complexity index is 819. The van der Waals surface area contributed by atoms with Crippen LogP contribution >= 0.6 is 0 Å². The summed E-state index contributed by atoms with van der Waals surface area (Å²) in [6, 6.07) is 7.27. The van der Waals surface area contributed by atoms with Gasteiger partial charge in [0, 0.05) is 6.54 Å². The number of methoxy groups -OCH3 is 1. The quantitative estimate of drug-likeness (QED) is 0.705. The van der Waals surface area contributed by atoms with Gasteiger partial charge in [-0.15, -0.1) is 5.10 Å². The molecule has 1 aromatic carbocycles. The zero-order chi connectivity index (χ0) is 19.4. The van der Waals surface area contributed by atoms with Crippen LogP contribution in [0.5, 0.6) is 5.75 Å². The number of carbonyl (C=O) groups excluding carboxylic acids is 2. The van der Waals surface area contributed by atoms with E-state index in [1.165, 1.54) is 4.90 Å². The van der Waals surface area contributed by atoms with Gasteiger partial charge in [-0.05, 0) is 54.3 Å². The number of aromatic nitrogens is 4. The Morgan fingerprint density at radius 2 is 1.96 bits per heavy atom. The molecule has 9 nitrogen and oxygen atoms in total. The summed E-state index contributed by atoms with van der Waals surface area (Å²) in [6.07, 6.45) is 2.02. The van der Waals surface area contributed by atoms with E-state index in [9.17, 15) is 9.59 Å². The fraction of sp³-hybridized carbons (Fsp3) is 0.500. The lowest BCUT2D eigenvalue weighted by molar-refractivity contribution is -0.131. The van der Waals surface area contributed by atoms with Crippen molar-refractivity contribution in [1.82, 2.24) is 30.4 Å². The maximum Gasteiger partial charge on any atom is 0.325 e. The van der Waals surface area contributed by atoms with Gasteiger partial charge in [-0.3, -0.25) is 9.69 Å². The molecule has 0 saturated carbocycles. The smallest absolute Gasteiger partial charge is 0.325 e. The molecule has 27 heavy (non-hydrogen) atoms. The Balaban J connectivity index is 1.67. The van der Waals surface area contributed by atoms with Gasteiger partial charge in [-0.1, -0.05) is 19.1 Å². The van der Waals surface area contributed by atoms with Crippen molar-refractivity contribution in [2.45, 2.75) is 51.7 Å². The molecule has 0 bridgehead atoms.